The predicted octanol–water partition coefficient (Wildman–Crippen LogP) is 5.05. The van der Waals surface area contributed by atoms with Crippen molar-refractivity contribution < 1.29 is 4.63 Å². The maximum absolute atomic E-state index is 4.49. The highest BCUT2D eigenvalue weighted by molar-refractivity contribution is 5.45. The van der Waals surface area contributed by atoms with Crippen molar-refractivity contribution in [1.29, 1.82) is 0 Å². The molecule has 100 valence electrons. The van der Waals surface area contributed by atoms with Crippen LogP contribution in [-0.2, 0) is 0 Å². The molecule has 3 heteroatoms. The van der Waals surface area contributed by atoms with Crippen molar-refractivity contribution in [2.24, 2.45) is 0 Å². The van der Waals surface area contributed by atoms with Gasteiger partial charge in [0.05, 0.1) is 0 Å². The van der Waals surface area contributed by atoms with E-state index in [0.717, 1.165) is 17.8 Å². The normalized spacial score (nSPS) is 7.94. The molecule has 1 aromatic heterocycles. The van der Waals surface area contributed by atoms with Gasteiger partial charge in [0, 0.05) is 0 Å². The van der Waals surface area contributed by atoms with Crippen LogP contribution in [0.5, 0.6) is 0 Å². The van der Waals surface area contributed by atoms with Gasteiger partial charge < -0.3 is 0 Å². The average Bonchev–Trinajstić information content (AvgIpc) is 2.78. The number of hydrogen-bond acceptors (Lipinski definition) is 3. The third kappa shape index (κ3) is 14.6. The Morgan fingerprint density at radius 2 is 1.65 bits per heavy atom. The summed E-state index contributed by atoms with van der Waals surface area (Å²) in [5, 5.41) is 7.31. The smallest absolute Gasteiger partial charge is 0.130 e. The molecule has 17 heavy (non-hydrogen) atoms. The van der Waals surface area contributed by atoms with Gasteiger partial charge in [0.1, 0.15) is 11.4 Å². The molecule has 1 aromatic rings. The van der Waals surface area contributed by atoms with E-state index < -0.39 is 0 Å². The van der Waals surface area contributed by atoms with Crippen LogP contribution >= 0.6 is 0 Å². The molecule has 0 bridgehead atoms. The minimum absolute atomic E-state index is 0.821. The highest BCUT2D eigenvalue weighted by atomic mass is 16.6. The fourth-order valence-electron chi connectivity index (χ4n) is 0.619. The van der Waals surface area contributed by atoms with E-state index in [-0.39, 0.29) is 0 Å². The van der Waals surface area contributed by atoms with E-state index in [2.05, 4.69) is 28.4 Å². The van der Waals surface area contributed by atoms with Crippen molar-refractivity contribution in [2.45, 2.75) is 54.9 Å². The van der Waals surface area contributed by atoms with Crippen LogP contribution in [0.2, 0.25) is 0 Å². The number of aryl methyl sites for hydroxylation is 1. The van der Waals surface area contributed by atoms with Crippen LogP contribution in [0.25, 0.3) is 6.08 Å². The van der Waals surface area contributed by atoms with Gasteiger partial charge >= 0.3 is 0 Å². The summed E-state index contributed by atoms with van der Waals surface area (Å²) in [4.78, 5) is 0. The summed E-state index contributed by atoms with van der Waals surface area (Å²) >= 11 is 0. The largest absolute Gasteiger partial charge is 0.244 e. The first-order chi connectivity index (χ1) is 8.26. The van der Waals surface area contributed by atoms with Crippen molar-refractivity contribution in [2.75, 3.05) is 0 Å². The molecule has 0 aliphatic carbocycles. The second kappa shape index (κ2) is 20.1. The lowest BCUT2D eigenvalue weighted by Crippen LogP contribution is -1.74. The van der Waals surface area contributed by atoms with Crippen LogP contribution < -0.4 is 0 Å². The van der Waals surface area contributed by atoms with Crippen LogP contribution in [0.1, 0.15) is 59.4 Å². The van der Waals surface area contributed by atoms with Crippen LogP contribution in [0, 0.1) is 6.92 Å². The Labute approximate surface area is 107 Å². The first kappa shape index (κ1) is 21.0. The van der Waals surface area contributed by atoms with E-state index in [1.807, 2.05) is 53.7 Å². The van der Waals surface area contributed by atoms with Gasteiger partial charge in [-0.2, -0.15) is 0 Å². The predicted molar refractivity (Wildman–Crippen MR) is 76.9 cm³/mol. The molecule has 0 aromatic carbocycles. The molecule has 0 fully saturated rings. The zero-order valence-electron chi connectivity index (χ0n) is 12.4. The summed E-state index contributed by atoms with van der Waals surface area (Å²) in [5.74, 6) is 0. The number of allylic oxidation sites excluding steroid dienone is 2. The Balaban J connectivity index is -0.000000239. The number of nitrogens with zero attached hydrogens (tertiary/aromatic N) is 2. The van der Waals surface area contributed by atoms with Crippen molar-refractivity contribution in [3.05, 3.63) is 30.1 Å². The number of aromatic nitrogens is 2. The van der Waals surface area contributed by atoms with Gasteiger partial charge in [-0.25, -0.2) is 4.63 Å². The second-order valence-corrected chi connectivity index (χ2v) is 2.45. The molecule has 0 aliphatic rings. The van der Waals surface area contributed by atoms with Gasteiger partial charge in [-0.1, -0.05) is 57.1 Å². The van der Waals surface area contributed by atoms with Crippen LogP contribution in [0.15, 0.2) is 23.4 Å². The molecular formula is C14H28N2O. The lowest BCUT2D eigenvalue weighted by molar-refractivity contribution is 0.304. The topological polar surface area (TPSA) is 38.9 Å². The molecule has 0 amide bonds. The summed E-state index contributed by atoms with van der Waals surface area (Å²) < 4.78 is 4.49. The molecule has 0 unspecified atom stereocenters. The Kier molecular flexibility index (Phi) is 24.8. The quantitative estimate of drug-likeness (QED) is 0.679. The van der Waals surface area contributed by atoms with Crippen LogP contribution in [-0.4, -0.2) is 10.3 Å². The van der Waals surface area contributed by atoms with Crippen molar-refractivity contribution in [1.82, 2.24) is 10.3 Å². The first-order valence-electron chi connectivity index (χ1n) is 6.29. The van der Waals surface area contributed by atoms with Crippen LogP contribution in [0.4, 0.5) is 0 Å². The first-order valence-corrected chi connectivity index (χ1v) is 6.29. The van der Waals surface area contributed by atoms with Gasteiger partial charge in [-0.15, -0.1) is 6.58 Å². The third-order valence-electron chi connectivity index (χ3n) is 1.20. The summed E-state index contributed by atoms with van der Waals surface area (Å²) in [5.41, 5.74) is 1.66. The van der Waals surface area contributed by atoms with E-state index in [0.29, 0.717) is 0 Å². The standard InChI is InChI=1S/C7H10N2O.C3H6.2C2H6/c1-3-4-5-7-6(2)8-10-9-7;1-3-2;2*1-2/h4-5H,3H2,1-2H3;3H,1H2,2H3;2*1-2H3/b5-4-;;;. The van der Waals surface area contributed by atoms with Gasteiger partial charge in [0.2, 0.25) is 0 Å². The Bertz CT molecular complexity index is 265. The molecule has 3 nitrogen and oxygen atoms in total. The second-order valence-electron chi connectivity index (χ2n) is 2.45. The fraction of sp³-hybridized carbons (Fsp3) is 0.571. The summed E-state index contributed by atoms with van der Waals surface area (Å²) in [6, 6.07) is 0. The van der Waals surface area contributed by atoms with Crippen molar-refractivity contribution >= 4 is 6.08 Å². The molecule has 0 saturated heterocycles. The third-order valence-corrected chi connectivity index (χ3v) is 1.20. The molecule has 0 N–H and O–H groups in total. The van der Waals surface area contributed by atoms with E-state index in [9.17, 15) is 0 Å². The van der Waals surface area contributed by atoms with E-state index >= 15 is 0 Å². The minimum Gasteiger partial charge on any atom is -0.244 e. The summed E-state index contributed by atoms with van der Waals surface area (Å²) in [7, 11) is 0. The highest BCUT2D eigenvalue weighted by Gasteiger charge is 1.97. The molecule has 0 spiro atoms. The SMILES string of the molecule is C=CC.CC.CC.CC/C=C\c1nonc1C. The zero-order chi connectivity index (χ0) is 14.1. The number of hydrogen-bond donors (Lipinski definition) is 0. The van der Waals surface area contributed by atoms with Crippen molar-refractivity contribution in [3.63, 3.8) is 0 Å². The summed E-state index contributed by atoms with van der Waals surface area (Å²) in [6.07, 6.45) is 6.69. The monoisotopic (exact) mass is 240 g/mol. The Morgan fingerprint density at radius 3 is 1.94 bits per heavy atom. The van der Waals surface area contributed by atoms with Gasteiger partial charge in [0.15, 0.2) is 0 Å². The molecule has 1 heterocycles. The van der Waals surface area contributed by atoms with Crippen molar-refractivity contribution in [3.8, 4) is 0 Å². The molecule has 0 aliphatic heterocycles. The zero-order valence-corrected chi connectivity index (χ0v) is 12.4. The van der Waals surface area contributed by atoms with Gasteiger partial charge in [0.25, 0.3) is 0 Å². The Morgan fingerprint density at radius 1 is 1.18 bits per heavy atom. The number of rotatable bonds is 2. The molecule has 1 rings (SSSR count). The van der Waals surface area contributed by atoms with E-state index in [4.69, 9.17) is 0 Å². The van der Waals surface area contributed by atoms with Gasteiger partial charge in [-0.05, 0) is 26.3 Å². The van der Waals surface area contributed by atoms with E-state index in [1.165, 1.54) is 0 Å². The molecular weight excluding hydrogens is 212 g/mol. The Hall–Kier alpha value is -1.38. The maximum Gasteiger partial charge on any atom is 0.130 e. The molecule has 0 saturated carbocycles. The molecule has 0 atom stereocenters. The van der Waals surface area contributed by atoms with Gasteiger partial charge in [-0.3, -0.25) is 0 Å². The lowest BCUT2D eigenvalue weighted by atomic mass is 10.3. The minimum atomic E-state index is 0.821. The summed E-state index contributed by atoms with van der Waals surface area (Å²) in [6.45, 7) is 17.2. The maximum atomic E-state index is 4.49. The fourth-order valence-corrected chi connectivity index (χ4v) is 0.619. The van der Waals surface area contributed by atoms with Crippen LogP contribution in [0.3, 0.4) is 0 Å². The molecule has 0 radical (unpaired) electrons. The lowest BCUT2D eigenvalue weighted by Gasteiger charge is -1.79. The average molecular weight is 240 g/mol. The van der Waals surface area contributed by atoms with E-state index in [1.54, 1.807) is 6.08 Å². The highest BCUT2D eigenvalue weighted by Crippen LogP contribution is 2.02.